The normalized spacial score (nSPS) is 15.8. The van der Waals surface area contributed by atoms with Crippen molar-refractivity contribution in [2.75, 3.05) is 11.9 Å². The molecular formula is C24H30N10O2. The molecule has 2 aromatic rings. The summed E-state index contributed by atoms with van der Waals surface area (Å²) in [6, 6.07) is 13.5. The molecule has 2 aromatic carbocycles. The van der Waals surface area contributed by atoms with E-state index in [2.05, 4.69) is 25.7 Å². The first-order valence-electron chi connectivity index (χ1n) is 11.2. The molecule has 1 fully saturated rings. The Balaban J connectivity index is 1.76. The van der Waals surface area contributed by atoms with Crippen LogP contribution in [0, 0.1) is 0 Å². The standard InChI is InChI=1S/C24H30N10O2/c1-14(30-32-23(25)26)16-6-3-8-18(12-16)22(36)34-11-5-10-20(34)21(35)29-19-9-4-7-17(13-19)15(2)31-33-24(27)28/h3-4,6-9,12-13,20H,5,10-11H2,1-2H3,(H,29,35)(H4,25,26,32)(H4,27,28,33)/b30-14+,31-15+/t20-/m0/s1. The molecule has 188 valence electrons. The van der Waals surface area contributed by atoms with E-state index in [9.17, 15) is 9.59 Å². The van der Waals surface area contributed by atoms with Gasteiger partial charge >= 0.3 is 0 Å². The third-order valence-electron chi connectivity index (χ3n) is 5.52. The van der Waals surface area contributed by atoms with Crippen LogP contribution in [0.25, 0.3) is 0 Å². The first kappa shape index (κ1) is 25.9. The Bertz CT molecular complexity index is 1260. The summed E-state index contributed by atoms with van der Waals surface area (Å²) in [4.78, 5) is 28.0. The summed E-state index contributed by atoms with van der Waals surface area (Å²) in [5, 5.41) is 18.1. The molecular weight excluding hydrogens is 460 g/mol. The lowest BCUT2D eigenvalue weighted by Crippen LogP contribution is -2.43. The molecule has 0 radical (unpaired) electrons. The highest BCUT2D eigenvalue weighted by Gasteiger charge is 2.34. The summed E-state index contributed by atoms with van der Waals surface area (Å²) < 4.78 is 0. The Morgan fingerprint density at radius 3 is 2.00 bits per heavy atom. The van der Waals surface area contributed by atoms with Gasteiger partial charge in [-0.2, -0.15) is 10.2 Å². The van der Waals surface area contributed by atoms with Gasteiger partial charge in [-0.3, -0.25) is 9.59 Å². The summed E-state index contributed by atoms with van der Waals surface area (Å²) in [6.45, 7) is 3.97. The fraction of sp³-hybridized carbons (Fsp3) is 0.250. The van der Waals surface area contributed by atoms with Crippen molar-refractivity contribution in [3.05, 3.63) is 65.2 Å². The molecule has 0 bridgehead atoms. The summed E-state index contributed by atoms with van der Waals surface area (Å²) >= 11 is 0. The van der Waals surface area contributed by atoms with Crippen LogP contribution in [0.1, 0.15) is 48.2 Å². The smallest absolute Gasteiger partial charge is 0.254 e. The van der Waals surface area contributed by atoms with E-state index in [4.69, 9.17) is 22.9 Å². The molecule has 12 heteroatoms. The minimum Gasteiger partial charge on any atom is -0.369 e. The number of amides is 2. The van der Waals surface area contributed by atoms with E-state index in [1.807, 2.05) is 6.07 Å². The Labute approximate surface area is 208 Å². The van der Waals surface area contributed by atoms with Crippen LogP contribution in [0.2, 0.25) is 0 Å². The predicted octanol–water partition coefficient (Wildman–Crippen LogP) is 0.925. The van der Waals surface area contributed by atoms with Crippen LogP contribution >= 0.6 is 0 Å². The molecule has 3 rings (SSSR count). The van der Waals surface area contributed by atoms with E-state index in [0.29, 0.717) is 41.2 Å². The van der Waals surface area contributed by atoms with E-state index < -0.39 is 6.04 Å². The van der Waals surface area contributed by atoms with Gasteiger partial charge in [0.05, 0.1) is 11.4 Å². The highest BCUT2D eigenvalue weighted by atomic mass is 16.2. The van der Waals surface area contributed by atoms with E-state index in [1.54, 1.807) is 61.2 Å². The second kappa shape index (κ2) is 11.6. The maximum atomic E-state index is 13.3. The molecule has 0 aliphatic carbocycles. The van der Waals surface area contributed by atoms with Crippen molar-refractivity contribution in [3.63, 3.8) is 0 Å². The third-order valence-corrected chi connectivity index (χ3v) is 5.52. The maximum Gasteiger partial charge on any atom is 0.254 e. The van der Waals surface area contributed by atoms with Gasteiger partial charge in [0.2, 0.25) is 17.8 Å². The van der Waals surface area contributed by atoms with Gasteiger partial charge in [0.25, 0.3) is 5.91 Å². The highest BCUT2D eigenvalue weighted by molar-refractivity contribution is 6.05. The molecule has 0 unspecified atom stereocenters. The number of anilines is 1. The summed E-state index contributed by atoms with van der Waals surface area (Å²) in [7, 11) is 0. The lowest BCUT2D eigenvalue weighted by Gasteiger charge is -2.24. The molecule has 2 amide bonds. The number of carbonyl (C=O) groups excluding carboxylic acids is 2. The second-order valence-electron chi connectivity index (χ2n) is 8.23. The zero-order valence-electron chi connectivity index (χ0n) is 20.2. The van der Waals surface area contributed by atoms with Crippen LogP contribution in [0.15, 0.2) is 68.9 Å². The largest absolute Gasteiger partial charge is 0.369 e. The van der Waals surface area contributed by atoms with Crippen molar-refractivity contribution < 1.29 is 9.59 Å². The number of nitrogens with one attached hydrogen (secondary N) is 1. The average molecular weight is 491 g/mol. The fourth-order valence-corrected chi connectivity index (χ4v) is 3.75. The van der Waals surface area contributed by atoms with Gasteiger partial charge in [0.1, 0.15) is 6.04 Å². The molecule has 1 saturated heterocycles. The number of carbonyl (C=O) groups is 2. The van der Waals surface area contributed by atoms with Crippen LogP contribution in [0.5, 0.6) is 0 Å². The maximum absolute atomic E-state index is 13.3. The number of hydrogen-bond acceptors (Lipinski definition) is 6. The van der Waals surface area contributed by atoms with E-state index in [1.165, 1.54) is 0 Å². The van der Waals surface area contributed by atoms with Crippen molar-refractivity contribution in [3.8, 4) is 0 Å². The first-order chi connectivity index (χ1) is 17.2. The lowest BCUT2D eigenvalue weighted by molar-refractivity contribution is -0.119. The Morgan fingerprint density at radius 2 is 1.39 bits per heavy atom. The lowest BCUT2D eigenvalue weighted by atomic mass is 10.1. The minimum absolute atomic E-state index is 0.147. The topological polar surface area (TPSA) is 203 Å². The molecule has 0 aromatic heterocycles. The minimum atomic E-state index is -0.599. The van der Waals surface area contributed by atoms with E-state index in [-0.39, 0.29) is 23.7 Å². The van der Waals surface area contributed by atoms with Crippen molar-refractivity contribution in [1.29, 1.82) is 0 Å². The van der Waals surface area contributed by atoms with Crippen LogP contribution < -0.4 is 28.3 Å². The van der Waals surface area contributed by atoms with E-state index >= 15 is 0 Å². The second-order valence-corrected chi connectivity index (χ2v) is 8.23. The first-order valence-corrected chi connectivity index (χ1v) is 11.2. The molecule has 0 spiro atoms. The number of nitrogens with zero attached hydrogens (tertiary/aromatic N) is 5. The van der Waals surface area contributed by atoms with Crippen molar-refractivity contribution in [2.24, 2.45) is 43.3 Å². The van der Waals surface area contributed by atoms with Crippen LogP contribution in [-0.2, 0) is 4.79 Å². The highest BCUT2D eigenvalue weighted by Crippen LogP contribution is 2.23. The number of rotatable bonds is 7. The summed E-state index contributed by atoms with van der Waals surface area (Å²) in [5.74, 6) is -0.808. The molecule has 1 aliphatic rings. The molecule has 36 heavy (non-hydrogen) atoms. The molecule has 9 N–H and O–H groups in total. The molecule has 1 heterocycles. The van der Waals surface area contributed by atoms with Gasteiger partial charge in [-0.1, -0.05) is 24.3 Å². The van der Waals surface area contributed by atoms with Gasteiger partial charge in [0, 0.05) is 17.8 Å². The number of likely N-dealkylation sites (tertiary alicyclic amines) is 1. The monoisotopic (exact) mass is 490 g/mol. The average Bonchev–Trinajstić information content (AvgIpc) is 3.35. The van der Waals surface area contributed by atoms with Gasteiger partial charge in [-0.25, -0.2) is 0 Å². The number of nitrogens with two attached hydrogens (primary N) is 4. The van der Waals surface area contributed by atoms with Crippen molar-refractivity contribution in [1.82, 2.24) is 4.90 Å². The number of benzene rings is 2. The summed E-state index contributed by atoms with van der Waals surface area (Å²) in [6.07, 6.45) is 1.28. The zero-order chi connectivity index (χ0) is 26.2. The number of guanidine groups is 2. The third kappa shape index (κ3) is 6.65. The van der Waals surface area contributed by atoms with Crippen LogP contribution in [0.3, 0.4) is 0 Å². The fourth-order valence-electron chi connectivity index (χ4n) is 3.75. The number of hydrogen-bond donors (Lipinski definition) is 5. The summed E-state index contributed by atoms with van der Waals surface area (Å²) in [5.41, 5.74) is 24.9. The molecule has 0 saturated carbocycles. The SMILES string of the molecule is C/C(=N\N=C(N)N)c1cccc(NC(=O)[C@@H]2CCCN2C(=O)c2cccc(/C(C)=N/N=C(N)N)c2)c1. The van der Waals surface area contributed by atoms with Gasteiger partial charge in [-0.15, -0.1) is 10.2 Å². The Morgan fingerprint density at radius 1 is 0.833 bits per heavy atom. The molecule has 1 aliphatic heterocycles. The van der Waals surface area contributed by atoms with Gasteiger partial charge in [0.15, 0.2) is 0 Å². The van der Waals surface area contributed by atoms with Crippen LogP contribution in [0.4, 0.5) is 5.69 Å². The van der Waals surface area contributed by atoms with Crippen molar-refractivity contribution >= 4 is 40.8 Å². The van der Waals surface area contributed by atoms with Crippen LogP contribution in [-0.4, -0.2) is 52.6 Å². The predicted molar refractivity (Wildman–Crippen MR) is 142 cm³/mol. The Kier molecular flexibility index (Phi) is 8.34. The van der Waals surface area contributed by atoms with E-state index in [0.717, 1.165) is 12.0 Å². The molecule has 12 nitrogen and oxygen atoms in total. The van der Waals surface area contributed by atoms with Gasteiger partial charge in [-0.05, 0) is 62.1 Å². The Hall–Kier alpha value is -4.74. The quantitative estimate of drug-likeness (QED) is 0.217. The van der Waals surface area contributed by atoms with Crippen molar-refractivity contribution in [2.45, 2.75) is 32.7 Å². The van der Waals surface area contributed by atoms with Gasteiger partial charge < -0.3 is 33.2 Å². The zero-order valence-corrected chi connectivity index (χ0v) is 20.2. The molecule has 1 atom stereocenters.